The van der Waals surface area contributed by atoms with E-state index >= 15 is 0 Å². The molecular weight excluding hydrogens is 540 g/mol. The van der Waals surface area contributed by atoms with Gasteiger partial charge in [-0.1, -0.05) is 12.1 Å². The second kappa shape index (κ2) is 14.9. The molecule has 9 heteroatoms. The van der Waals surface area contributed by atoms with E-state index in [1.165, 1.54) is 82.5 Å². The molecule has 3 aliphatic rings. The van der Waals surface area contributed by atoms with Crippen molar-refractivity contribution in [2.75, 3.05) is 82.0 Å². The molecule has 0 unspecified atom stereocenters. The van der Waals surface area contributed by atoms with Crippen LogP contribution in [0.3, 0.4) is 0 Å². The van der Waals surface area contributed by atoms with Gasteiger partial charge in [0.2, 0.25) is 0 Å². The molecule has 0 atom stereocenters. The zero-order chi connectivity index (χ0) is 30.2. The lowest BCUT2D eigenvalue weighted by molar-refractivity contribution is -0.107. The molecule has 1 aliphatic carbocycles. The summed E-state index contributed by atoms with van der Waals surface area (Å²) in [5.41, 5.74) is 10.1. The number of hydrogen-bond donors (Lipinski definition) is 2. The largest absolute Gasteiger partial charge is 0.495 e. The summed E-state index contributed by atoms with van der Waals surface area (Å²) in [6.45, 7) is 8.51. The molecule has 234 valence electrons. The molecule has 0 radical (unpaired) electrons. The minimum Gasteiger partial charge on any atom is -0.495 e. The number of hydrogen-bond acceptors (Lipinski definition) is 7. The molecular formula is C34H50N6O3. The number of aldehydes is 1. The summed E-state index contributed by atoms with van der Waals surface area (Å²) in [5.74, 6) is 2.14. The Hall–Kier alpha value is -3.30. The van der Waals surface area contributed by atoms with E-state index in [0.29, 0.717) is 30.6 Å². The van der Waals surface area contributed by atoms with Crippen LogP contribution in [0.4, 0.5) is 21.9 Å². The van der Waals surface area contributed by atoms with E-state index < -0.39 is 0 Å². The van der Waals surface area contributed by atoms with Gasteiger partial charge in [0.1, 0.15) is 12.0 Å². The maximum atomic E-state index is 12.3. The van der Waals surface area contributed by atoms with Gasteiger partial charge in [0, 0.05) is 89.3 Å². The van der Waals surface area contributed by atoms with Gasteiger partial charge in [-0.3, -0.25) is 9.80 Å². The van der Waals surface area contributed by atoms with Gasteiger partial charge in [-0.05, 0) is 80.2 Å². The van der Waals surface area contributed by atoms with Crippen LogP contribution in [0, 0.1) is 5.92 Å². The summed E-state index contributed by atoms with van der Waals surface area (Å²) >= 11 is 0. The fourth-order valence-corrected chi connectivity index (χ4v) is 7.33. The van der Waals surface area contributed by atoms with Crippen molar-refractivity contribution in [2.24, 2.45) is 5.92 Å². The number of piperidine rings is 1. The predicted molar refractivity (Wildman–Crippen MR) is 174 cm³/mol. The van der Waals surface area contributed by atoms with Crippen molar-refractivity contribution >= 4 is 29.4 Å². The highest BCUT2D eigenvalue weighted by Gasteiger charge is 2.30. The number of nitrogens with one attached hydrogen (secondary N) is 1. The second-order valence-corrected chi connectivity index (χ2v) is 12.5. The molecule has 0 bridgehead atoms. The molecule has 2 aliphatic heterocycles. The van der Waals surface area contributed by atoms with Gasteiger partial charge in [0.05, 0.1) is 12.8 Å². The monoisotopic (exact) mass is 590 g/mol. The Balaban J connectivity index is 1.02. The molecule has 3 N–H and O–H groups in total. The smallest absolute Gasteiger partial charge is 0.321 e. The molecule has 9 nitrogen and oxygen atoms in total. The first-order valence-electron chi connectivity index (χ1n) is 16.2. The molecule has 43 heavy (non-hydrogen) atoms. The first-order valence-corrected chi connectivity index (χ1v) is 16.2. The van der Waals surface area contributed by atoms with E-state index in [1.54, 1.807) is 19.1 Å². The molecule has 0 spiro atoms. The number of nitrogen functional groups attached to an aromatic ring is 1. The van der Waals surface area contributed by atoms with Crippen molar-refractivity contribution in [3.8, 4) is 5.75 Å². The summed E-state index contributed by atoms with van der Waals surface area (Å²) in [6.07, 6.45) is 8.62. The quantitative estimate of drug-likeness (QED) is 0.309. The molecule has 5 rings (SSSR count). The molecule has 0 aromatic heterocycles. The highest BCUT2D eigenvalue weighted by molar-refractivity contribution is 5.92. The van der Waals surface area contributed by atoms with Crippen molar-refractivity contribution in [3.05, 3.63) is 48.0 Å². The predicted octanol–water partition coefficient (Wildman–Crippen LogP) is 4.57. The minimum atomic E-state index is -0.183. The number of urea groups is 1. The van der Waals surface area contributed by atoms with E-state index in [-0.39, 0.29) is 6.03 Å². The maximum absolute atomic E-state index is 12.3. The summed E-state index contributed by atoms with van der Waals surface area (Å²) in [4.78, 5) is 32.7. The molecule has 2 heterocycles. The topological polar surface area (TPSA) is 94.4 Å². The Morgan fingerprint density at radius 3 is 2.30 bits per heavy atom. The number of nitrogens with two attached hydrogens (primary N) is 1. The number of rotatable bonds is 10. The number of benzene rings is 2. The van der Waals surface area contributed by atoms with Crippen molar-refractivity contribution in [2.45, 2.75) is 56.9 Å². The lowest BCUT2D eigenvalue weighted by atomic mass is 9.78. The maximum Gasteiger partial charge on any atom is 0.321 e. The van der Waals surface area contributed by atoms with Crippen molar-refractivity contribution in [3.63, 3.8) is 0 Å². The van der Waals surface area contributed by atoms with Crippen LogP contribution in [-0.4, -0.2) is 94.7 Å². The van der Waals surface area contributed by atoms with Crippen LogP contribution in [0.25, 0.3) is 0 Å². The lowest BCUT2D eigenvalue weighted by Gasteiger charge is -2.44. The number of methoxy groups -OCH3 is 1. The molecule has 2 amide bonds. The fourth-order valence-electron chi connectivity index (χ4n) is 7.33. The Labute approximate surface area is 257 Å². The van der Waals surface area contributed by atoms with Crippen LogP contribution in [0.1, 0.15) is 56.4 Å². The first-order chi connectivity index (χ1) is 21.0. The van der Waals surface area contributed by atoms with E-state index in [1.807, 2.05) is 18.2 Å². The Bertz CT molecular complexity index is 1180. The SMILES string of the molecule is CNC(=O)N(CCC=O)c1ccc(C2CCC(CN3CCN(C4CCN(c5ccc(N)c(OC)c5)CC4)CC3)CC2)cc1. The van der Waals surface area contributed by atoms with Crippen LogP contribution in [0.5, 0.6) is 5.75 Å². The third-order valence-corrected chi connectivity index (χ3v) is 9.94. The van der Waals surface area contributed by atoms with Crippen LogP contribution in [-0.2, 0) is 4.79 Å². The van der Waals surface area contributed by atoms with Gasteiger partial charge < -0.3 is 30.4 Å². The van der Waals surface area contributed by atoms with Gasteiger partial charge in [-0.25, -0.2) is 4.79 Å². The van der Waals surface area contributed by atoms with E-state index in [2.05, 4.69) is 44.3 Å². The highest BCUT2D eigenvalue weighted by atomic mass is 16.5. The number of carbonyl (C=O) groups excluding carboxylic acids is 2. The van der Waals surface area contributed by atoms with Gasteiger partial charge in [-0.2, -0.15) is 0 Å². The molecule has 2 aromatic carbocycles. The molecule has 3 fully saturated rings. The number of nitrogens with zero attached hydrogens (tertiary/aromatic N) is 4. The Kier molecular flexibility index (Phi) is 10.8. The van der Waals surface area contributed by atoms with Gasteiger partial charge >= 0.3 is 6.03 Å². The average Bonchev–Trinajstić information content (AvgIpc) is 3.06. The number of carbonyl (C=O) groups is 2. The van der Waals surface area contributed by atoms with Crippen LogP contribution in [0.15, 0.2) is 42.5 Å². The number of anilines is 3. The standard InChI is InChI=1S/C34H50N6O3/c1-36-34(42)40(16-3-23-41)30-10-8-28(9-11-30)27-6-4-26(5-7-27)25-37-19-21-39(22-20-37)29-14-17-38(18-15-29)31-12-13-32(35)33(24-31)43-2/h8-13,23-24,26-27,29H,3-7,14-22,25,35H2,1-2H3,(H,36,42). The number of piperazine rings is 1. The van der Waals surface area contributed by atoms with E-state index in [0.717, 1.165) is 36.7 Å². The second-order valence-electron chi connectivity index (χ2n) is 12.5. The van der Waals surface area contributed by atoms with Crippen molar-refractivity contribution in [1.82, 2.24) is 15.1 Å². The first kappa shape index (κ1) is 31.1. The normalized spacial score (nSPS) is 22.2. The molecule has 2 saturated heterocycles. The third-order valence-electron chi connectivity index (χ3n) is 9.94. The molecule has 2 aromatic rings. The zero-order valence-electron chi connectivity index (χ0n) is 26.0. The summed E-state index contributed by atoms with van der Waals surface area (Å²) in [6, 6.07) is 15.0. The van der Waals surface area contributed by atoms with Crippen LogP contribution < -0.4 is 25.6 Å². The van der Waals surface area contributed by atoms with Crippen molar-refractivity contribution in [1.29, 1.82) is 0 Å². The van der Waals surface area contributed by atoms with Crippen LogP contribution in [0.2, 0.25) is 0 Å². The fraction of sp³-hybridized carbons (Fsp3) is 0.588. The molecule has 1 saturated carbocycles. The van der Waals surface area contributed by atoms with E-state index in [9.17, 15) is 9.59 Å². The van der Waals surface area contributed by atoms with Gasteiger partial charge in [0.25, 0.3) is 0 Å². The Morgan fingerprint density at radius 2 is 1.67 bits per heavy atom. The summed E-state index contributed by atoms with van der Waals surface area (Å²) < 4.78 is 5.43. The summed E-state index contributed by atoms with van der Waals surface area (Å²) in [7, 11) is 3.30. The average molecular weight is 591 g/mol. The van der Waals surface area contributed by atoms with Crippen molar-refractivity contribution < 1.29 is 14.3 Å². The summed E-state index contributed by atoms with van der Waals surface area (Å²) in [5, 5.41) is 2.68. The third kappa shape index (κ3) is 7.81. The highest BCUT2D eigenvalue weighted by Crippen LogP contribution is 2.37. The van der Waals surface area contributed by atoms with Gasteiger partial charge in [-0.15, -0.1) is 0 Å². The minimum absolute atomic E-state index is 0.183. The number of amides is 2. The van der Waals surface area contributed by atoms with Gasteiger partial charge in [0.15, 0.2) is 0 Å². The number of ether oxygens (including phenoxy) is 1. The Morgan fingerprint density at radius 1 is 0.977 bits per heavy atom. The van der Waals surface area contributed by atoms with Crippen LogP contribution >= 0.6 is 0 Å². The lowest BCUT2D eigenvalue weighted by Crippen LogP contribution is -2.53. The van der Waals surface area contributed by atoms with E-state index in [4.69, 9.17) is 10.5 Å². The zero-order valence-corrected chi connectivity index (χ0v) is 26.0.